The van der Waals surface area contributed by atoms with Crippen molar-refractivity contribution in [1.82, 2.24) is 4.90 Å². The molecule has 9 heavy (non-hydrogen) atoms. The van der Waals surface area contributed by atoms with E-state index in [1.807, 2.05) is 19.0 Å². The Balaban J connectivity index is 3.17. The van der Waals surface area contributed by atoms with Crippen LogP contribution in [0.3, 0.4) is 0 Å². The second kappa shape index (κ2) is 5.17. The van der Waals surface area contributed by atoms with Gasteiger partial charge in [-0.2, -0.15) is 0 Å². The Labute approximate surface area is 69.7 Å². The van der Waals surface area contributed by atoms with E-state index in [0.29, 0.717) is 16.6 Å². The first-order chi connectivity index (χ1) is 4.16. The summed E-state index contributed by atoms with van der Waals surface area (Å²) in [5.41, 5.74) is 0. The molecule has 3 heteroatoms. The Bertz CT molecular complexity index is 93.1. The van der Waals surface area contributed by atoms with E-state index in [-0.39, 0.29) is 0 Å². The van der Waals surface area contributed by atoms with E-state index in [1.54, 1.807) is 0 Å². The summed E-state index contributed by atoms with van der Waals surface area (Å²) in [7, 11) is 3.95. The largest absolute Gasteiger partial charge is 0.309 e. The third-order valence-corrected chi connectivity index (χ3v) is 1.84. The number of nitrogens with zero attached hydrogens (tertiary/aromatic N) is 1. The second-order valence-electron chi connectivity index (χ2n) is 2.23. The maximum Gasteiger partial charge on any atom is 0.143 e. The van der Waals surface area contributed by atoms with Gasteiger partial charge in [0.25, 0.3) is 0 Å². The first-order valence-electron chi connectivity index (χ1n) is 2.89. The van der Waals surface area contributed by atoms with Crippen LogP contribution in [0.2, 0.25) is 0 Å². The van der Waals surface area contributed by atoms with E-state index < -0.39 is 0 Å². The molecular weight excluding hydrogens is 229 g/mol. The summed E-state index contributed by atoms with van der Waals surface area (Å²) in [6.45, 7) is 0.877. The van der Waals surface area contributed by atoms with Gasteiger partial charge in [-0.05, 0) is 14.1 Å². The van der Waals surface area contributed by atoms with E-state index in [0.717, 1.165) is 6.54 Å². The van der Waals surface area contributed by atoms with Crippen LogP contribution in [-0.2, 0) is 4.79 Å². The van der Waals surface area contributed by atoms with Gasteiger partial charge in [-0.3, -0.25) is 4.79 Å². The molecule has 0 heterocycles. The molecule has 0 bridgehead atoms. The predicted molar refractivity (Wildman–Crippen MR) is 47.1 cm³/mol. The van der Waals surface area contributed by atoms with Gasteiger partial charge < -0.3 is 4.90 Å². The summed E-state index contributed by atoms with van der Waals surface area (Å²) < 4.78 is 0.644. The molecule has 0 atom stereocenters. The molecule has 54 valence electrons. The van der Waals surface area contributed by atoms with E-state index in [1.165, 1.54) is 0 Å². The van der Waals surface area contributed by atoms with Crippen LogP contribution in [0.25, 0.3) is 0 Å². The van der Waals surface area contributed by atoms with Crippen molar-refractivity contribution in [3.05, 3.63) is 0 Å². The highest BCUT2D eigenvalue weighted by molar-refractivity contribution is 14.1. The smallest absolute Gasteiger partial charge is 0.143 e. The molecule has 0 aromatic rings. The molecule has 0 fully saturated rings. The lowest BCUT2D eigenvalue weighted by atomic mass is 10.3. The number of rotatable bonds is 4. The predicted octanol–water partition coefficient (Wildman–Crippen LogP) is 0.942. The number of carbonyl (C=O) groups is 1. The molecule has 0 spiro atoms. The van der Waals surface area contributed by atoms with Crippen LogP contribution >= 0.6 is 22.6 Å². The summed E-state index contributed by atoms with van der Waals surface area (Å²) in [6.07, 6.45) is 0.690. The molecule has 0 aliphatic carbocycles. The van der Waals surface area contributed by atoms with E-state index in [2.05, 4.69) is 22.6 Å². The molecule has 0 saturated carbocycles. The summed E-state index contributed by atoms with van der Waals surface area (Å²) in [6, 6.07) is 0. The third-order valence-electron chi connectivity index (χ3n) is 0.987. The maximum atomic E-state index is 10.7. The fourth-order valence-electron chi connectivity index (χ4n) is 0.415. The van der Waals surface area contributed by atoms with Crippen molar-refractivity contribution >= 4 is 28.4 Å². The average Bonchev–Trinajstić information content (AvgIpc) is 1.83. The summed E-state index contributed by atoms with van der Waals surface area (Å²) in [5, 5.41) is 0. The second-order valence-corrected chi connectivity index (χ2v) is 2.99. The molecule has 0 saturated heterocycles. The lowest BCUT2D eigenvalue weighted by Crippen LogP contribution is -2.16. The van der Waals surface area contributed by atoms with Gasteiger partial charge in [-0.25, -0.2) is 0 Å². The minimum Gasteiger partial charge on any atom is -0.309 e. The van der Waals surface area contributed by atoms with Gasteiger partial charge in [-0.1, -0.05) is 22.6 Å². The molecular formula is C6H12INO. The van der Waals surface area contributed by atoms with E-state index in [4.69, 9.17) is 0 Å². The first kappa shape index (κ1) is 9.36. The van der Waals surface area contributed by atoms with Crippen molar-refractivity contribution in [3.8, 4) is 0 Å². The molecule has 0 unspecified atom stereocenters. The highest BCUT2D eigenvalue weighted by Gasteiger charge is 1.98. The number of hydrogen-bond donors (Lipinski definition) is 0. The zero-order valence-corrected chi connectivity index (χ0v) is 8.01. The Morgan fingerprint density at radius 3 is 2.44 bits per heavy atom. The zero-order chi connectivity index (χ0) is 7.28. The van der Waals surface area contributed by atoms with Gasteiger partial charge in [0, 0.05) is 13.0 Å². The Hall–Kier alpha value is 0.360. The van der Waals surface area contributed by atoms with Crippen LogP contribution in [0.5, 0.6) is 0 Å². The average molecular weight is 241 g/mol. The van der Waals surface area contributed by atoms with Crippen LogP contribution in [0.4, 0.5) is 0 Å². The van der Waals surface area contributed by atoms with Crippen molar-refractivity contribution in [2.45, 2.75) is 6.42 Å². The quantitative estimate of drug-likeness (QED) is 0.539. The van der Waals surface area contributed by atoms with Gasteiger partial charge in [0.2, 0.25) is 0 Å². The monoisotopic (exact) mass is 241 g/mol. The molecule has 0 aliphatic heterocycles. The van der Waals surface area contributed by atoms with Crippen LogP contribution < -0.4 is 0 Å². The normalized spacial score (nSPS) is 10.2. The van der Waals surface area contributed by atoms with Crippen LogP contribution in [0, 0.1) is 0 Å². The highest BCUT2D eigenvalue weighted by atomic mass is 127. The Morgan fingerprint density at radius 2 is 2.11 bits per heavy atom. The lowest BCUT2D eigenvalue weighted by Gasteiger charge is -2.06. The van der Waals surface area contributed by atoms with Crippen LogP contribution in [0.15, 0.2) is 0 Å². The Morgan fingerprint density at radius 1 is 1.56 bits per heavy atom. The van der Waals surface area contributed by atoms with Crippen molar-refractivity contribution in [2.75, 3.05) is 25.1 Å². The summed E-state index contributed by atoms with van der Waals surface area (Å²) in [5.74, 6) is 0.337. The SMILES string of the molecule is CN(C)CCC(=O)CI. The van der Waals surface area contributed by atoms with Gasteiger partial charge in [0.05, 0.1) is 4.43 Å². The number of alkyl halides is 1. The number of hydrogen-bond acceptors (Lipinski definition) is 2. The van der Waals surface area contributed by atoms with E-state index >= 15 is 0 Å². The van der Waals surface area contributed by atoms with Crippen LogP contribution in [-0.4, -0.2) is 35.8 Å². The minimum absolute atomic E-state index is 0.337. The number of halogens is 1. The van der Waals surface area contributed by atoms with Gasteiger partial charge in [-0.15, -0.1) is 0 Å². The van der Waals surface area contributed by atoms with E-state index in [9.17, 15) is 4.79 Å². The first-order valence-corrected chi connectivity index (χ1v) is 4.41. The van der Waals surface area contributed by atoms with Gasteiger partial charge >= 0.3 is 0 Å². The van der Waals surface area contributed by atoms with Crippen molar-refractivity contribution in [2.24, 2.45) is 0 Å². The van der Waals surface area contributed by atoms with Gasteiger partial charge in [0.15, 0.2) is 0 Å². The number of ketones is 1. The molecule has 0 aromatic heterocycles. The third kappa shape index (κ3) is 6.24. The molecule has 0 rings (SSSR count). The minimum atomic E-state index is 0.337. The van der Waals surface area contributed by atoms with Crippen molar-refractivity contribution in [1.29, 1.82) is 0 Å². The zero-order valence-electron chi connectivity index (χ0n) is 5.85. The van der Waals surface area contributed by atoms with Crippen LogP contribution in [0.1, 0.15) is 6.42 Å². The van der Waals surface area contributed by atoms with Crippen molar-refractivity contribution < 1.29 is 4.79 Å². The number of carbonyl (C=O) groups excluding carboxylic acids is 1. The molecule has 0 aliphatic rings. The Kier molecular flexibility index (Phi) is 5.38. The maximum absolute atomic E-state index is 10.7. The summed E-state index contributed by atoms with van der Waals surface area (Å²) in [4.78, 5) is 12.7. The summed E-state index contributed by atoms with van der Waals surface area (Å²) >= 11 is 2.09. The standard InChI is InChI=1S/C6H12INO/c1-8(2)4-3-6(9)5-7/h3-5H2,1-2H3. The fraction of sp³-hybridized carbons (Fsp3) is 0.833. The molecule has 0 radical (unpaired) electrons. The van der Waals surface area contributed by atoms with Crippen molar-refractivity contribution in [3.63, 3.8) is 0 Å². The lowest BCUT2D eigenvalue weighted by molar-refractivity contribution is -0.116. The molecule has 0 amide bonds. The van der Waals surface area contributed by atoms with Gasteiger partial charge in [0.1, 0.15) is 5.78 Å². The topological polar surface area (TPSA) is 20.3 Å². The molecule has 0 aromatic carbocycles. The molecule has 2 nitrogen and oxygen atoms in total. The number of Topliss-reactive ketones (excluding diaryl/α,β-unsaturated/α-hetero) is 1. The highest BCUT2D eigenvalue weighted by Crippen LogP contribution is 1.90. The fourth-order valence-corrected chi connectivity index (χ4v) is 0.797. The molecule has 0 N–H and O–H groups in total.